The van der Waals surface area contributed by atoms with Crippen LogP contribution in [0.15, 0.2) is 51.9 Å². The maximum atomic E-state index is 12.9. The Hall–Kier alpha value is -3.19. The number of nitrogens with zero attached hydrogens (tertiary/aromatic N) is 2. The summed E-state index contributed by atoms with van der Waals surface area (Å²) in [7, 11) is 3.11. The average molecular weight is 439 g/mol. The predicted octanol–water partition coefficient (Wildman–Crippen LogP) is 3.66. The minimum atomic E-state index is -0.00747. The van der Waals surface area contributed by atoms with Gasteiger partial charge in [0.1, 0.15) is 11.3 Å². The third kappa shape index (κ3) is 4.83. The average Bonchev–Trinajstić information content (AvgIpc) is 2.82. The van der Waals surface area contributed by atoms with E-state index in [1.807, 2.05) is 18.2 Å². The largest absolute Gasteiger partial charge is 0.508 e. The molecule has 170 valence electrons. The number of ether oxygens (including phenoxy) is 2. The Morgan fingerprint density at radius 1 is 1.00 bits per heavy atom. The fraction of sp³-hybridized carbons (Fsp3) is 0.400. The lowest BCUT2D eigenvalue weighted by molar-refractivity contribution is 0.253. The predicted molar refractivity (Wildman–Crippen MR) is 125 cm³/mol. The van der Waals surface area contributed by atoms with E-state index in [0.29, 0.717) is 40.2 Å². The topological polar surface area (TPSA) is 75.4 Å². The zero-order valence-electron chi connectivity index (χ0n) is 18.7. The molecule has 1 N–H and O–H groups in total. The SMILES string of the molecule is COc1cc2occ(CCCCN3CCN(c4cccc(O)c4)CC3)c(=O)c2cc1OC. The number of hydrogen-bond acceptors (Lipinski definition) is 7. The van der Waals surface area contributed by atoms with E-state index in [0.717, 1.165) is 51.3 Å². The van der Waals surface area contributed by atoms with Crippen molar-refractivity contribution in [2.75, 3.05) is 51.8 Å². The quantitative estimate of drug-likeness (QED) is 0.538. The van der Waals surface area contributed by atoms with Crippen molar-refractivity contribution in [3.8, 4) is 17.2 Å². The molecule has 0 spiro atoms. The maximum absolute atomic E-state index is 12.9. The molecule has 0 saturated carbocycles. The van der Waals surface area contributed by atoms with Crippen LogP contribution in [0.2, 0.25) is 0 Å². The summed E-state index contributed by atoms with van der Waals surface area (Å²) in [5, 5.41) is 10.2. The van der Waals surface area contributed by atoms with Crippen LogP contribution in [-0.2, 0) is 6.42 Å². The lowest BCUT2D eigenvalue weighted by Crippen LogP contribution is -2.46. The van der Waals surface area contributed by atoms with Gasteiger partial charge in [-0.3, -0.25) is 9.69 Å². The van der Waals surface area contributed by atoms with Gasteiger partial charge in [-0.2, -0.15) is 0 Å². The number of rotatable bonds is 8. The highest BCUT2D eigenvalue weighted by atomic mass is 16.5. The number of methoxy groups -OCH3 is 2. The Labute approximate surface area is 187 Å². The van der Waals surface area contributed by atoms with Crippen molar-refractivity contribution in [3.63, 3.8) is 0 Å². The fourth-order valence-corrected chi connectivity index (χ4v) is 4.24. The molecule has 7 heteroatoms. The second kappa shape index (κ2) is 9.96. The van der Waals surface area contributed by atoms with Gasteiger partial charge in [0, 0.05) is 49.6 Å². The van der Waals surface area contributed by atoms with Gasteiger partial charge in [0.2, 0.25) is 0 Å². The number of benzene rings is 2. The molecule has 32 heavy (non-hydrogen) atoms. The van der Waals surface area contributed by atoms with Crippen molar-refractivity contribution in [3.05, 3.63) is 58.4 Å². The molecule has 4 rings (SSSR count). The highest BCUT2D eigenvalue weighted by Crippen LogP contribution is 2.31. The number of unbranched alkanes of at least 4 members (excludes halogenated alkanes) is 1. The van der Waals surface area contributed by atoms with Crippen molar-refractivity contribution in [2.45, 2.75) is 19.3 Å². The van der Waals surface area contributed by atoms with Gasteiger partial charge in [-0.15, -0.1) is 0 Å². The summed E-state index contributed by atoms with van der Waals surface area (Å²) in [4.78, 5) is 17.7. The first kappa shape index (κ1) is 22.0. The molecule has 0 atom stereocenters. The molecule has 7 nitrogen and oxygen atoms in total. The summed E-state index contributed by atoms with van der Waals surface area (Å²) in [5.74, 6) is 1.37. The van der Waals surface area contributed by atoms with Crippen molar-refractivity contribution < 1.29 is 19.0 Å². The van der Waals surface area contributed by atoms with Gasteiger partial charge >= 0.3 is 0 Å². The van der Waals surface area contributed by atoms with Gasteiger partial charge in [-0.1, -0.05) is 6.07 Å². The molecule has 1 aliphatic rings. The van der Waals surface area contributed by atoms with E-state index in [-0.39, 0.29) is 5.43 Å². The van der Waals surface area contributed by atoms with E-state index < -0.39 is 0 Å². The lowest BCUT2D eigenvalue weighted by Gasteiger charge is -2.36. The monoisotopic (exact) mass is 438 g/mol. The van der Waals surface area contributed by atoms with Crippen LogP contribution >= 0.6 is 0 Å². The number of aromatic hydroxyl groups is 1. The van der Waals surface area contributed by atoms with Gasteiger partial charge < -0.3 is 23.9 Å². The van der Waals surface area contributed by atoms with E-state index in [9.17, 15) is 9.90 Å². The molecule has 0 amide bonds. The number of aryl methyl sites for hydroxylation is 1. The van der Waals surface area contributed by atoms with Crippen LogP contribution in [0.25, 0.3) is 11.0 Å². The van der Waals surface area contributed by atoms with Crippen LogP contribution in [0.4, 0.5) is 5.69 Å². The first-order chi connectivity index (χ1) is 15.6. The summed E-state index contributed by atoms with van der Waals surface area (Å²) >= 11 is 0. The smallest absolute Gasteiger partial charge is 0.195 e. The summed E-state index contributed by atoms with van der Waals surface area (Å²) < 4.78 is 16.3. The molecule has 3 aromatic rings. The molecule has 1 fully saturated rings. The van der Waals surface area contributed by atoms with Crippen LogP contribution in [0.5, 0.6) is 17.2 Å². The Kier molecular flexibility index (Phi) is 6.85. The molecule has 0 bridgehead atoms. The zero-order valence-corrected chi connectivity index (χ0v) is 18.7. The van der Waals surface area contributed by atoms with Crippen molar-refractivity contribution in [1.29, 1.82) is 0 Å². The Morgan fingerprint density at radius 2 is 1.75 bits per heavy atom. The van der Waals surface area contributed by atoms with E-state index in [1.165, 1.54) is 0 Å². The third-order valence-corrected chi connectivity index (χ3v) is 6.09. The highest BCUT2D eigenvalue weighted by molar-refractivity contribution is 5.81. The van der Waals surface area contributed by atoms with Crippen molar-refractivity contribution in [1.82, 2.24) is 4.90 Å². The number of fused-ring (bicyclic) bond motifs is 1. The molecular weight excluding hydrogens is 408 g/mol. The summed E-state index contributed by atoms with van der Waals surface area (Å²) in [6.07, 6.45) is 4.21. The van der Waals surface area contributed by atoms with Crippen molar-refractivity contribution >= 4 is 16.7 Å². The maximum Gasteiger partial charge on any atom is 0.195 e. The van der Waals surface area contributed by atoms with E-state index in [2.05, 4.69) is 9.80 Å². The Morgan fingerprint density at radius 3 is 2.47 bits per heavy atom. The lowest BCUT2D eigenvalue weighted by atomic mass is 10.1. The van der Waals surface area contributed by atoms with Gasteiger partial charge in [0.25, 0.3) is 0 Å². The normalized spacial score (nSPS) is 14.6. The van der Waals surface area contributed by atoms with E-state index in [4.69, 9.17) is 13.9 Å². The summed E-state index contributed by atoms with van der Waals surface area (Å²) in [5.41, 5.74) is 2.26. The highest BCUT2D eigenvalue weighted by Gasteiger charge is 2.17. The third-order valence-electron chi connectivity index (χ3n) is 6.09. The summed E-state index contributed by atoms with van der Waals surface area (Å²) in [6.45, 7) is 4.90. The Bertz CT molecular complexity index is 1120. The molecule has 0 aliphatic carbocycles. The number of piperazine rings is 1. The van der Waals surface area contributed by atoms with Crippen LogP contribution in [0.1, 0.15) is 18.4 Å². The van der Waals surface area contributed by atoms with Gasteiger partial charge in [0.05, 0.1) is 25.9 Å². The fourth-order valence-electron chi connectivity index (χ4n) is 4.24. The second-order valence-electron chi connectivity index (χ2n) is 8.10. The van der Waals surface area contributed by atoms with Crippen LogP contribution in [0.3, 0.4) is 0 Å². The molecule has 2 aromatic carbocycles. The van der Waals surface area contributed by atoms with Crippen LogP contribution in [-0.4, -0.2) is 56.9 Å². The van der Waals surface area contributed by atoms with Gasteiger partial charge in [0.15, 0.2) is 16.9 Å². The number of phenols is 1. The van der Waals surface area contributed by atoms with E-state index in [1.54, 1.807) is 38.7 Å². The van der Waals surface area contributed by atoms with Gasteiger partial charge in [-0.05, 0) is 44.0 Å². The molecule has 0 radical (unpaired) electrons. The van der Waals surface area contributed by atoms with Crippen LogP contribution in [0, 0.1) is 0 Å². The zero-order chi connectivity index (χ0) is 22.5. The molecule has 1 aromatic heterocycles. The van der Waals surface area contributed by atoms with Crippen LogP contribution < -0.4 is 19.8 Å². The molecular formula is C25H30N2O5. The number of hydrogen-bond donors (Lipinski definition) is 1. The minimum Gasteiger partial charge on any atom is -0.508 e. The second-order valence-corrected chi connectivity index (χ2v) is 8.10. The van der Waals surface area contributed by atoms with Crippen molar-refractivity contribution in [2.24, 2.45) is 0 Å². The molecule has 1 aliphatic heterocycles. The number of anilines is 1. The standard InChI is InChI=1S/C25H30N2O5/c1-30-23-15-21-22(16-24(23)31-2)32-17-18(25(21)29)6-3-4-9-26-10-12-27(13-11-26)19-7-5-8-20(28)14-19/h5,7-8,14-17,28H,3-4,6,9-13H2,1-2H3. The minimum absolute atomic E-state index is 0.00747. The number of phenolic OH excluding ortho intramolecular Hbond substituents is 1. The molecule has 0 unspecified atom stereocenters. The Balaban J connectivity index is 1.29. The van der Waals surface area contributed by atoms with Gasteiger partial charge in [-0.25, -0.2) is 0 Å². The first-order valence-electron chi connectivity index (χ1n) is 11.0. The molecule has 1 saturated heterocycles. The summed E-state index contributed by atoms with van der Waals surface area (Å²) in [6, 6.07) is 10.8. The first-order valence-corrected chi connectivity index (χ1v) is 11.0. The molecule has 2 heterocycles. The van der Waals surface area contributed by atoms with E-state index >= 15 is 0 Å².